The molecule has 7 heteroatoms. The van der Waals surface area contributed by atoms with Gasteiger partial charge in [-0.2, -0.15) is 9.78 Å². The fourth-order valence-corrected chi connectivity index (χ4v) is 4.50. The van der Waals surface area contributed by atoms with Crippen LogP contribution in [0.25, 0.3) is 11.3 Å². The molecule has 0 N–H and O–H groups in total. The number of halogens is 1. The van der Waals surface area contributed by atoms with Crippen molar-refractivity contribution in [3.63, 3.8) is 0 Å². The third-order valence-electron chi connectivity index (χ3n) is 6.02. The smallest absolute Gasteiger partial charge is 0.345 e. The predicted octanol–water partition coefficient (Wildman–Crippen LogP) is 2.51. The highest BCUT2D eigenvalue weighted by atomic mass is 19.1. The largest absolute Gasteiger partial charge is 0.375 e. The van der Waals surface area contributed by atoms with Crippen LogP contribution in [0.15, 0.2) is 24.3 Å². The van der Waals surface area contributed by atoms with Crippen molar-refractivity contribution in [1.82, 2.24) is 19.6 Å². The summed E-state index contributed by atoms with van der Waals surface area (Å²) in [7, 11) is 0. The van der Waals surface area contributed by atoms with Crippen LogP contribution in [-0.4, -0.2) is 64.4 Å². The Morgan fingerprint density at radius 2 is 1.89 bits per heavy atom. The van der Waals surface area contributed by atoms with Crippen LogP contribution in [-0.2, 0) is 17.8 Å². The first-order valence-corrected chi connectivity index (χ1v) is 9.68. The van der Waals surface area contributed by atoms with Crippen LogP contribution < -0.4 is 0 Å². The topological polar surface area (TPSA) is 50.6 Å². The summed E-state index contributed by atoms with van der Waals surface area (Å²) in [6, 6.07) is 6.55. The molecule has 0 saturated carbocycles. The summed E-state index contributed by atoms with van der Waals surface area (Å²) >= 11 is 0. The normalized spacial score (nSPS) is 24.6. The summed E-state index contributed by atoms with van der Waals surface area (Å²) in [5.74, 6) is -0.276. The molecule has 142 valence electrons. The van der Waals surface area contributed by atoms with E-state index < -0.39 is 0 Å². The Kier molecular flexibility index (Phi) is 4.21. The number of amides is 1. The first-order valence-electron chi connectivity index (χ1n) is 9.68. The van der Waals surface area contributed by atoms with Crippen LogP contribution in [0.1, 0.15) is 24.1 Å². The Morgan fingerprint density at radius 1 is 1.11 bits per heavy atom. The summed E-state index contributed by atoms with van der Waals surface area (Å²) in [5, 5.41) is 4.69. The van der Waals surface area contributed by atoms with Crippen molar-refractivity contribution in [3.8, 4) is 11.3 Å². The molecule has 1 aromatic carbocycles. The molecule has 3 saturated heterocycles. The Bertz CT molecular complexity index is 856. The van der Waals surface area contributed by atoms with Gasteiger partial charge in [0.25, 0.3) is 0 Å². The van der Waals surface area contributed by atoms with Crippen LogP contribution in [0.2, 0.25) is 0 Å². The van der Waals surface area contributed by atoms with Crippen molar-refractivity contribution in [3.05, 3.63) is 41.3 Å². The number of ether oxygens (including phenoxy) is 1. The fourth-order valence-electron chi connectivity index (χ4n) is 4.50. The van der Waals surface area contributed by atoms with E-state index in [1.165, 1.54) is 12.1 Å². The molecule has 0 aliphatic carbocycles. The molecule has 0 unspecified atom stereocenters. The van der Waals surface area contributed by atoms with Gasteiger partial charge in [0, 0.05) is 43.3 Å². The number of benzene rings is 1. The third kappa shape index (κ3) is 2.95. The average molecular weight is 370 g/mol. The number of carbonyl (C=O) groups is 1. The molecule has 4 aliphatic heterocycles. The Morgan fingerprint density at radius 3 is 2.67 bits per heavy atom. The van der Waals surface area contributed by atoms with Gasteiger partial charge in [-0.15, -0.1) is 0 Å². The van der Waals surface area contributed by atoms with Crippen LogP contribution in [0, 0.1) is 5.82 Å². The molecule has 0 atom stereocenters. The van der Waals surface area contributed by atoms with Crippen LogP contribution in [0.4, 0.5) is 9.18 Å². The van der Waals surface area contributed by atoms with E-state index in [1.54, 1.807) is 16.8 Å². The maximum absolute atomic E-state index is 13.4. The number of carbonyl (C=O) groups excluding carboxylic acids is 1. The van der Waals surface area contributed by atoms with Crippen molar-refractivity contribution in [2.24, 2.45) is 0 Å². The number of hydrogen-bond acceptors (Lipinski definition) is 4. The van der Waals surface area contributed by atoms with Gasteiger partial charge < -0.3 is 14.5 Å². The van der Waals surface area contributed by atoms with Gasteiger partial charge >= 0.3 is 6.03 Å². The first-order chi connectivity index (χ1) is 13.2. The Hall–Kier alpha value is -2.25. The molecule has 3 fully saturated rings. The van der Waals surface area contributed by atoms with E-state index in [9.17, 15) is 9.18 Å². The quantitative estimate of drug-likeness (QED) is 0.774. The first kappa shape index (κ1) is 16.9. The van der Waals surface area contributed by atoms with Gasteiger partial charge in [0.1, 0.15) is 5.82 Å². The molecule has 0 radical (unpaired) electrons. The van der Waals surface area contributed by atoms with Gasteiger partial charge in [-0.25, -0.2) is 9.18 Å². The second kappa shape index (κ2) is 6.73. The van der Waals surface area contributed by atoms with E-state index in [1.807, 2.05) is 4.90 Å². The number of fused-ring (bicyclic) bond motifs is 5. The lowest BCUT2D eigenvalue weighted by molar-refractivity contribution is 0.103. The zero-order valence-corrected chi connectivity index (χ0v) is 15.2. The molecular weight excluding hydrogens is 347 g/mol. The fraction of sp³-hybridized carbons (Fsp3) is 0.500. The van der Waals surface area contributed by atoms with Crippen molar-refractivity contribution < 1.29 is 13.9 Å². The molecule has 2 bridgehead atoms. The predicted molar refractivity (Wildman–Crippen MR) is 97.9 cm³/mol. The molecule has 4 aliphatic rings. The van der Waals surface area contributed by atoms with Crippen molar-refractivity contribution in [2.75, 3.05) is 32.8 Å². The second-order valence-corrected chi connectivity index (χ2v) is 7.54. The second-order valence-electron chi connectivity index (χ2n) is 7.54. The van der Waals surface area contributed by atoms with Gasteiger partial charge in [-0.3, -0.25) is 0 Å². The van der Waals surface area contributed by atoms with Gasteiger partial charge in [0.05, 0.1) is 24.6 Å². The Balaban J connectivity index is 1.54. The molecular formula is C20H23FN4O2. The minimum Gasteiger partial charge on any atom is -0.375 e. The SMILES string of the molecule is O=C(N1CCN2CCC1CC2)n1nc(-c2ccc(F)cc2)c2c1COCC2. The monoisotopic (exact) mass is 370 g/mol. The summed E-state index contributed by atoms with van der Waals surface area (Å²) in [4.78, 5) is 17.8. The standard InChI is InChI=1S/C20H23FN4O2/c21-15-3-1-14(2-4-15)19-17-7-12-27-13-18(17)25(22-19)20(26)24-11-10-23-8-5-16(24)6-9-23/h1-4,16H,5-13H2. The molecule has 5 heterocycles. The van der Waals surface area contributed by atoms with E-state index >= 15 is 0 Å². The number of rotatable bonds is 1. The molecule has 1 amide bonds. The number of aromatic nitrogens is 2. The minimum atomic E-state index is -0.276. The molecule has 27 heavy (non-hydrogen) atoms. The van der Waals surface area contributed by atoms with E-state index in [2.05, 4.69) is 10.00 Å². The highest BCUT2D eigenvalue weighted by Crippen LogP contribution is 2.30. The number of piperidine rings is 1. The molecule has 6 nitrogen and oxygen atoms in total. The van der Waals surface area contributed by atoms with Gasteiger partial charge in [0.15, 0.2) is 0 Å². The van der Waals surface area contributed by atoms with Crippen LogP contribution in [0.3, 0.4) is 0 Å². The number of hydrogen-bond donors (Lipinski definition) is 0. The van der Waals surface area contributed by atoms with Crippen molar-refractivity contribution in [2.45, 2.75) is 31.9 Å². The maximum atomic E-state index is 13.4. The van der Waals surface area contributed by atoms with E-state index in [4.69, 9.17) is 4.74 Å². The molecule has 0 spiro atoms. The van der Waals surface area contributed by atoms with Crippen LogP contribution in [0.5, 0.6) is 0 Å². The van der Waals surface area contributed by atoms with E-state index in [0.29, 0.717) is 19.6 Å². The number of nitrogens with zero attached hydrogens (tertiary/aromatic N) is 4. The third-order valence-corrected chi connectivity index (χ3v) is 6.02. The van der Waals surface area contributed by atoms with E-state index in [-0.39, 0.29) is 17.9 Å². The highest BCUT2D eigenvalue weighted by molar-refractivity contribution is 5.79. The summed E-state index contributed by atoms with van der Waals surface area (Å²) in [6.45, 7) is 4.80. The molecule has 1 aromatic heterocycles. The lowest BCUT2D eigenvalue weighted by Gasteiger charge is -2.31. The lowest BCUT2D eigenvalue weighted by Crippen LogP contribution is -2.44. The maximum Gasteiger partial charge on any atom is 0.345 e. The summed E-state index contributed by atoms with van der Waals surface area (Å²) in [5.41, 5.74) is 3.49. The highest BCUT2D eigenvalue weighted by Gasteiger charge is 2.35. The zero-order valence-electron chi connectivity index (χ0n) is 15.2. The van der Waals surface area contributed by atoms with Gasteiger partial charge in [0.2, 0.25) is 0 Å². The minimum absolute atomic E-state index is 0.0566. The van der Waals surface area contributed by atoms with Crippen molar-refractivity contribution in [1.29, 1.82) is 0 Å². The summed E-state index contributed by atoms with van der Waals surface area (Å²) in [6.07, 6.45) is 2.76. The Labute approximate surface area is 157 Å². The van der Waals surface area contributed by atoms with Gasteiger partial charge in [-0.1, -0.05) is 0 Å². The molecule has 2 aromatic rings. The summed E-state index contributed by atoms with van der Waals surface area (Å²) < 4.78 is 20.5. The van der Waals surface area contributed by atoms with Gasteiger partial charge in [-0.05, 0) is 43.5 Å². The van der Waals surface area contributed by atoms with Crippen LogP contribution >= 0.6 is 0 Å². The van der Waals surface area contributed by atoms with E-state index in [0.717, 1.165) is 61.5 Å². The molecule has 6 rings (SSSR count). The average Bonchev–Trinajstić information content (AvgIpc) is 2.84. The lowest BCUT2D eigenvalue weighted by atomic mass is 10.0. The van der Waals surface area contributed by atoms with Crippen molar-refractivity contribution >= 4 is 6.03 Å². The zero-order chi connectivity index (χ0) is 18.4.